The predicted octanol–water partition coefficient (Wildman–Crippen LogP) is 4.16. The molecule has 1 aliphatic carbocycles. The molecule has 0 radical (unpaired) electrons. The molecule has 3 rings (SSSR count). The summed E-state index contributed by atoms with van der Waals surface area (Å²) in [7, 11) is 0. The number of nitrogens with zero attached hydrogens (tertiary/aromatic N) is 2. The third kappa shape index (κ3) is 4.16. The van der Waals surface area contributed by atoms with E-state index in [2.05, 4.69) is 57.3 Å². The molecule has 2 fully saturated rings. The molecule has 1 aromatic carbocycles. The standard InChI is InChI=1S/C17H24BrN3.HI/c1-2-19-16(21-10-3-4-11-21)20-13-17(8-9-17)14-6-5-7-15(18)12-14;/h5-7,12H,2-4,8-11,13H2,1H3,(H,19,20);1H. The summed E-state index contributed by atoms with van der Waals surface area (Å²) in [5, 5.41) is 3.45. The highest BCUT2D eigenvalue weighted by molar-refractivity contribution is 14.0. The fourth-order valence-electron chi connectivity index (χ4n) is 3.09. The Labute approximate surface area is 159 Å². The minimum absolute atomic E-state index is 0. The Morgan fingerprint density at radius 3 is 2.64 bits per heavy atom. The first-order chi connectivity index (χ1) is 10.2. The van der Waals surface area contributed by atoms with Crippen LogP contribution in [0.1, 0.15) is 38.2 Å². The van der Waals surface area contributed by atoms with E-state index in [-0.39, 0.29) is 29.4 Å². The summed E-state index contributed by atoms with van der Waals surface area (Å²) in [4.78, 5) is 7.36. The molecular weight excluding hydrogens is 453 g/mol. The van der Waals surface area contributed by atoms with Gasteiger partial charge in [-0.3, -0.25) is 4.99 Å². The number of hydrogen-bond acceptors (Lipinski definition) is 1. The number of nitrogens with one attached hydrogen (secondary N) is 1. The zero-order valence-electron chi connectivity index (χ0n) is 13.1. The van der Waals surface area contributed by atoms with Gasteiger partial charge in [-0.1, -0.05) is 28.1 Å². The van der Waals surface area contributed by atoms with Crippen LogP contribution in [0.5, 0.6) is 0 Å². The van der Waals surface area contributed by atoms with Crippen LogP contribution in [0.4, 0.5) is 0 Å². The average Bonchev–Trinajstić information content (AvgIpc) is 3.08. The molecule has 0 amide bonds. The summed E-state index contributed by atoms with van der Waals surface area (Å²) >= 11 is 3.58. The molecule has 1 N–H and O–H groups in total. The van der Waals surface area contributed by atoms with Gasteiger partial charge in [-0.2, -0.15) is 0 Å². The van der Waals surface area contributed by atoms with Crippen LogP contribution in [0.3, 0.4) is 0 Å². The number of rotatable bonds is 4. The van der Waals surface area contributed by atoms with Crippen LogP contribution in [0.2, 0.25) is 0 Å². The quantitative estimate of drug-likeness (QED) is 0.400. The molecule has 2 aliphatic rings. The molecule has 0 bridgehead atoms. The molecule has 0 unspecified atom stereocenters. The van der Waals surface area contributed by atoms with Gasteiger partial charge in [0, 0.05) is 29.5 Å². The number of halogens is 2. The second-order valence-corrected chi connectivity index (χ2v) is 7.07. The molecule has 1 heterocycles. The van der Waals surface area contributed by atoms with Crippen molar-refractivity contribution in [2.75, 3.05) is 26.2 Å². The van der Waals surface area contributed by atoms with Gasteiger partial charge in [-0.05, 0) is 50.3 Å². The third-order valence-electron chi connectivity index (χ3n) is 4.56. The van der Waals surface area contributed by atoms with E-state index in [1.165, 1.54) is 35.7 Å². The van der Waals surface area contributed by atoms with Gasteiger partial charge >= 0.3 is 0 Å². The molecule has 0 spiro atoms. The smallest absolute Gasteiger partial charge is 0.193 e. The van der Waals surface area contributed by atoms with Crippen molar-refractivity contribution in [3.05, 3.63) is 34.3 Å². The monoisotopic (exact) mass is 477 g/mol. The van der Waals surface area contributed by atoms with E-state index in [1.807, 2.05) is 0 Å². The van der Waals surface area contributed by atoms with Crippen LogP contribution in [-0.2, 0) is 5.41 Å². The van der Waals surface area contributed by atoms with E-state index < -0.39 is 0 Å². The van der Waals surface area contributed by atoms with Crippen LogP contribution >= 0.6 is 39.9 Å². The highest BCUT2D eigenvalue weighted by atomic mass is 127. The van der Waals surface area contributed by atoms with Crippen LogP contribution in [0, 0.1) is 0 Å². The van der Waals surface area contributed by atoms with Crippen molar-refractivity contribution < 1.29 is 0 Å². The lowest BCUT2D eigenvalue weighted by Crippen LogP contribution is -2.40. The number of hydrogen-bond donors (Lipinski definition) is 1. The molecule has 122 valence electrons. The highest BCUT2D eigenvalue weighted by Gasteiger charge is 2.44. The first-order valence-electron chi connectivity index (χ1n) is 8.03. The number of benzene rings is 1. The normalized spacial score (nSPS) is 19.7. The summed E-state index contributed by atoms with van der Waals surface area (Å²) in [5.41, 5.74) is 1.71. The minimum atomic E-state index is 0. The SMILES string of the molecule is CCNC(=NCC1(c2cccc(Br)c2)CC1)N1CCCC1.I. The molecular formula is C17H25BrIN3. The number of likely N-dealkylation sites (tertiary alicyclic amines) is 1. The largest absolute Gasteiger partial charge is 0.357 e. The summed E-state index contributed by atoms with van der Waals surface area (Å²) < 4.78 is 1.17. The Morgan fingerprint density at radius 2 is 2.05 bits per heavy atom. The average molecular weight is 478 g/mol. The molecule has 3 nitrogen and oxygen atoms in total. The summed E-state index contributed by atoms with van der Waals surface area (Å²) in [6.07, 6.45) is 5.10. The lowest BCUT2D eigenvalue weighted by Gasteiger charge is -2.22. The molecule has 1 aliphatic heterocycles. The Balaban J connectivity index is 0.00000176. The Kier molecular flexibility index (Phi) is 6.56. The van der Waals surface area contributed by atoms with Gasteiger partial charge in [0.05, 0.1) is 6.54 Å². The number of aliphatic imine (C=N–C) groups is 1. The topological polar surface area (TPSA) is 27.6 Å². The lowest BCUT2D eigenvalue weighted by molar-refractivity contribution is 0.491. The van der Waals surface area contributed by atoms with E-state index in [0.29, 0.717) is 0 Å². The van der Waals surface area contributed by atoms with E-state index in [1.54, 1.807) is 0 Å². The molecule has 22 heavy (non-hydrogen) atoms. The third-order valence-corrected chi connectivity index (χ3v) is 5.06. The van der Waals surface area contributed by atoms with E-state index in [0.717, 1.165) is 32.1 Å². The first-order valence-corrected chi connectivity index (χ1v) is 8.82. The van der Waals surface area contributed by atoms with Gasteiger partial charge in [0.15, 0.2) is 5.96 Å². The van der Waals surface area contributed by atoms with E-state index >= 15 is 0 Å². The summed E-state index contributed by atoms with van der Waals surface area (Å²) in [5.74, 6) is 1.11. The maximum absolute atomic E-state index is 4.95. The minimum Gasteiger partial charge on any atom is -0.357 e. The van der Waals surface area contributed by atoms with Gasteiger partial charge in [0.1, 0.15) is 0 Å². The van der Waals surface area contributed by atoms with E-state index in [9.17, 15) is 0 Å². The fraction of sp³-hybridized carbons (Fsp3) is 0.588. The molecule has 5 heteroatoms. The number of guanidine groups is 1. The van der Waals surface area contributed by atoms with Crippen molar-refractivity contribution in [2.45, 2.75) is 38.0 Å². The maximum Gasteiger partial charge on any atom is 0.193 e. The van der Waals surface area contributed by atoms with Crippen LogP contribution in [0.15, 0.2) is 33.7 Å². The summed E-state index contributed by atoms with van der Waals surface area (Å²) in [6.45, 7) is 6.29. The molecule has 1 aromatic rings. The lowest BCUT2D eigenvalue weighted by atomic mass is 9.96. The van der Waals surface area contributed by atoms with Gasteiger partial charge < -0.3 is 10.2 Å². The predicted molar refractivity (Wildman–Crippen MR) is 107 cm³/mol. The van der Waals surface area contributed by atoms with Crippen LogP contribution < -0.4 is 5.32 Å². The van der Waals surface area contributed by atoms with Crippen molar-refractivity contribution in [3.63, 3.8) is 0 Å². The highest BCUT2D eigenvalue weighted by Crippen LogP contribution is 2.48. The van der Waals surface area contributed by atoms with Crippen molar-refractivity contribution in [3.8, 4) is 0 Å². The second kappa shape index (κ2) is 7.99. The van der Waals surface area contributed by atoms with Crippen molar-refractivity contribution in [1.82, 2.24) is 10.2 Å². The summed E-state index contributed by atoms with van der Waals surface area (Å²) in [6, 6.07) is 8.73. The van der Waals surface area contributed by atoms with Crippen LogP contribution in [0.25, 0.3) is 0 Å². The molecule has 0 aromatic heterocycles. The fourth-order valence-corrected chi connectivity index (χ4v) is 3.49. The van der Waals surface area contributed by atoms with Crippen LogP contribution in [-0.4, -0.2) is 37.0 Å². The molecule has 0 atom stereocenters. The zero-order valence-corrected chi connectivity index (χ0v) is 17.1. The Hall–Kier alpha value is -0.300. The second-order valence-electron chi connectivity index (χ2n) is 6.15. The van der Waals surface area contributed by atoms with Gasteiger partial charge in [0.2, 0.25) is 0 Å². The zero-order chi connectivity index (χ0) is 14.7. The van der Waals surface area contributed by atoms with Crippen molar-refractivity contribution in [2.24, 2.45) is 4.99 Å². The van der Waals surface area contributed by atoms with Gasteiger partial charge in [0.25, 0.3) is 0 Å². The molecule has 1 saturated carbocycles. The van der Waals surface area contributed by atoms with Gasteiger partial charge in [-0.25, -0.2) is 0 Å². The first kappa shape index (κ1) is 18.0. The Bertz CT molecular complexity index is 522. The van der Waals surface area contributed by atoms with Crippen molar-refractivity contribution in [1.29, 1.82) is 0 Å². The van der Waals surface area contributed by atoms with E-state index in [4.69, 9.17) is 4.99 Å². The molecule has 1 saturated heterocycles. The Morgan fingerprint density at radius 1 is 1.32 bits per heavy atom. The van der Waals surface area contributed by atoms with Gasteiger partial charge in [-0.15, -0.1) is 24.0 Å². The maximum atomic E-state index is 4.95. The van der Waals surface area contributed by atoms with Crippen molar-refractivity contribution >= 4 is 45.9 Å².